The number of anilines is 1. The first-order valence-electron chi connectivity index (χ1n) is 8.45. The smallest absolute Gasteiger partial charge is 0.257 e. The van der Waals surface area contributed by atoms with Crippen LogP contribution in [0.25, 0.3) is 0 Å². The topological polar surface area (TPSA) is 42.0 Å². The van der Waals surface area contributed by atoms with Gasteiger partial charge in [0.25, 0.3) is 5.91 Å². The lowest BCUT2D eigenvalue weighted by Crippen LogP contribution is -2.48. The summed E-state index contributed by atoms with van der Waals surface area (Å²) in [5.41, 5.74) is 3.01. The zero-order valence-corrected chi connectivity index (χ0v) is 15.0. The van der Waals surface area contributed by atoms with Gasteiger partial charge in [-0.1, -0.05) is 12.1 Å². The number of hydrogen-bond donors (Lipinski definition) is 0. The number of nitrogens with zero attached hydrogens (tertiary/aromatic N) is 2. The van der Waals surface area contributed by atoms with Gasteiger partial charge < -0.3 is 19.3 Å². The molecular formula is C20H24N2O3. The molecule has 0 aliphatic carbocycles. The van der Waals surface area contributed by atoms with E-state index in [-0.39, 0.29) is 5.91 Å². The van der Waals surface area contributed by atoms with E-state index < -0.39 is 0 Å². The van der Waals surface area contributed by atoms with Crippen molar-refractivity contribution in [2.24, 2.45) is 0 Å². The number of methoxy groups -OCH3 is 2. The molecular weight excluding hydrogens is 316 g/mol. The van der Waals surface area contributed by atoms with Crippen LogP contribution in [0.1, 0.15) is 15.9 Å². The summed E-state index contributed by atoms with van der Waals surface area (Å²) >= 11 is 0. The van der Waals surface area contributed by atoms with E-state index in [0.29, 0.717) is 30.2 Å². The highest BCUT2D eigenvalue weighted by Crippen LogP contribution is 2.26. The van der Waals surface area contributed by atoms with Gasteiger partial charge in [0.15, 0.2) is 0 Å². The first kappa shape index (κ1) is 17.1. The van der Waals surface area contributed by atoms with Crippen molar-refractivity contribution in [3.05, 3.63) is 53.6 Å². The van der Waals surface area contributed by atoms with Crippen LogP contribution in [0, 0.1) is 6.92 Å². The molecule has 1 aliphatic heterocycles. The van der Waals surface area contributed by atoms with Gasteiger partial charge >= 0.3 is 0 Å². The zero-order valence-electron chi connectivity index (χ0n) is 15.0. The van der Waals surface area contributed by atoms with Gasteiger partial charge in [-0.2, -0.15) is 0 Å². The molecule has 0 bridgehead atoms. The van der Waals surface area contributed by atoms with E-state index in [2.05, 4.69) is 36.1 Å². The average Bonchev–Trinajstić information content (AvgIpc) is 2.67. The predicted molar refractivity (Wildman–Crippen MR) is 98.8 cm³/mol. The molecule has 0 aromatic heterocycles. The van der Waals surface area contributed by atoms with E-state index in [0.717, 1.165) is 13.1 Å². The molecule has 0 spiro atoms. The first-order valence-corrected chi connectivity index (χ1v) is 8.45. The lowest BCUT2D eigenvalue weighted by molar-refractivity contribution is 0.0743. The summed E-state index contributed by atoms with van der Waals surface area (Å²) in [5, 5.41) is 0. The van der Waals surface area contributed by atoms with E-state index in [1.165, 1.54) is 11.3 Å². The Hall–Kier alpha value is -2.69. The van der Waals surface area contributed by atoms with E-state index in [4.69, 9.17) is 9.47 Å². The number of ether oxygens (including phenoxy) is 2. The normalized spacial score (nSPS) is 14.4. The molecule has 5 nitrogen and oxygen atoms in total. The van der Waals surface area contributed by atoms with Crippen molar-refractivity contribution in [2.45, 2.75) is 6.92 Å². The van der Waals surface area contributed by atoms with E-state index >= 15 is 0 Å². The Balaban J connectivity index is 1.71. The molecule has 5 heteroatoms. The van der Waals surface area contributed by atoms with Gasteiger partial charge in [-0.15, -0.1) is 0 Å². The van der Waals surface area contributed by atoms with Crippen molar-refractivity contribution in [2.75, 3.05) is 45.3 Å². The standard InChI is InChI=1S/C20H24N2O3/c1-15-5-4-6-16(13-15)21-9-11-22(12-10-21)20(23)18-14-17(24-2)7-8-19(18)25-3/h4-8,13-14H,9-12H2,1-3H3. The molecule has 0 N–H and O–H groups in total. The number of hydrogen-bond acceptors (Lipinski definition) is 4. The van der Waals surface area contributed by atoms with Gasteiger partial charge in [0, 0.05) is 31.9 Å². The molecule has 1 amide bonds. The van der Waals surface area contributed by atoms with E-state index in [9.17, 15) is 4.79 Å². The molecule has 25 heavy (non-hydrogen) atoms. The number of amides is 1. The summed E-state index contributed by atoms with van der Waals surface area (Å²) in [6.07, 6.45) is 0. The molecule has 0 saturated carbocycles. The van der Waals surface area contributed by atoms with Gasteiger partial charge in [-0.25, -0.2) is 0 Å². The Labute approximate surface area is 148 Å². The highest BCUT2D eigenvalue weighted by Gasteiger charge is 2.25. The van der Waals surface area contributed by atoms with Gasteiger partial charge in [-0.05, 0) is 42.8 Å². The Morgan fingerprint density at radius 3 is 2.36 bits per heavy atom. The van der Waals surface area contributed by atoms with Crippen molar-refractivity contribution in [1.29, 1.82) is 0 Å². The highest BCUT2D eigenvalue weighted by molar-refractivity contribution is 5.97. The highest BCUT2D eigenvalue weighted by atomic mass is 16.5. The van der Waals surface area contributed by atoms with Crippen molar-refractivity contribution in [3.63, 3.8) is 0 Å². The Morgan fingerprint density at radius 2 is 1.72 bits per heavy atom. The largest absolute Gasteiger partial charge is 0.497 e. The van der Waals surface area contributed by atoms with Crippen molar-refractivity contribution in [1.82, 2.24) is 4.90 Å². The van der Waals surface area contributed by atoms with Crippen molar-refractivity contribution < 1.29 is 14.3 Å². The fraction of sp³-hybridized carbons (Fsp3) is 0.350. The van der Waals surface area contributed by atoms with Crippen LogP contribution < -0.4 is 14.4 Å². The number of piperazine rings is 1. The minimum absolute atomic E-state index is 0.0142. The maximum atomic E-state index is 12.9. The molecule has 3 rings (SSSR count). The molecule has 2 aromatic rings. The molecule has 0 atom stereocenters. The molecule has 1 fully saturated rings. The van der Waals surface area contributed by atoms with Crippen LogP contribution in [0.3, 0.4) is 0 Å². The second kappa shape index (κ2) is 7.47. The van der Waals surface area contributed by atoms with Crippen LogP contribution in [0.4, 0.5) is 5.69 Å². The summed E-state index contributed by atoms with van der Waals surface area (Å²) < 4.78 is 10.6. The fourth-order valence-electron chi connectivity index (χ4n) is 3.14. The quantitative estimate of drug-likeness (QED) is 0.858. The summed E-state index contributed by atoms with van der Waals surface area (Å²) in [5.74, 6) is 1.22. The van der Waals surface area contributed by atoms with Gasteiger partial charge in [0.2, 0.25) is 0 Å². The molecule has 1 saturated heterocycles. The lowest BCUT2D eigenvalue weighted by Gasteiger charge is -2.36. The van der Waals surface area contributed by atoms with Crippen LogP contribution in [0.2, 0.25) is 0 Å². The van der Waals surface area contributed by atoms with Gasteiger partial charge in [-0.3, -0.25) is 4.79 Å². The summed E-state index contributed by atoms with van der Waals surface area (Å²) in [6.45, 7) is 5.11. The SMILES string of the molecule is COc1ccc(OC)c(C(=O)N2CCN(c3cccc(C)c3)CC2)c1. The maximum absolute atomic E-state index is 12.9. The molecule has 1 heterocycles. The van der Waals surface area contributed by atoms with E-state index in [1.807, 2.05) is 4.90 Å². The lowest BCUT2D eigenvalue weighted by atomic mass is 10.1. The molecule has 132 valence electrons. The van der Waals surface area contributed by atoms with Gasteiger partial charge in [0.1, 0.15) is 11.5 Å². The zero-order chi connectivity index (χ0) is 17.8. The van der Waals surface area contributed by atoms with E-state index in [1.54, 1.807) is 32.4 Å². The van der Waals surface area contributed by atoms with Crippen LogP contribution in [-0.4, -0.2) is 51.2 Å². The van der Waals surface area contributed by atoms with Crippen molar-refractivity contribution >= 4 is 11.6 Å². The summed E-state index contributed by atoms with van der Waals surface area (Å²) in [4.78, 5) is 17.1. The third-order valence-corrected chi connectivity index (χ3v) is 4.57. The second-order valence-electron chi connectivity index (χ2n) is 6.18. The Morgan fingerprint density at radius 1 is 0.960 bits per heavy atom. The van der Waals surface area contributed by atoms with Crippen LogP contribution in [0.15, 0.2) is 42.5 Å². The van der Waals surface area contributed by atoms with Gasteiger partial charge in [0.05, 0.1) is 19.8 Å². The van der Waals surface area contributed by atoms with Crippen LogP contribution in [-0.2, 0) is 0 Å². The fourth-order valence-corrected chi connectivity index (χ4v) is 3.14. The van der Waals surface area contributed by atoms with Crippen LogP contribution in [0.5, 0.6) is 11.5 Å². The minimum Gasteiger partial charge on any atom is -0.497 e. The minimum atomic E-state index is -0.0142. The number of carbonyl (C=O) groups is 1. The summed E-state index contributed by atoms with van der Waals surface area (Å²) in [7, 11) is 3.17. The molecule has 0 radical (unpaired) electrons. The Bertz CT molecular complexity index is 752. The summed E-state index contributed by atoms with van der Waals surface area (Å²) in [6, 6.07) is 13.8. The average molecular weight is 340 g/mol. The third-order valence-electron chi connectivity index (χ3n) is 4.57. The van der Waals surface area contributed by atoms with Crippen LogP contribution >= 0.6 is 0 Å². The molecule has 1 aliphatic rings. The molecule has 0 unspecified atom stereocenters. The number of rotatable bonds is 4. The maximum Gasteiger partial charge on any atom is 0.257 e. The second-order valence-corrected chi connectivity index (χ2v) is 6.18. The third kappa shape index (κ3) is 3.71. The van der Waals surface area contributed by atoms with Crippen molar-refractivity contribution in [3.8, 4) is 11.5 Å². The first-order chi connectivity index (χ1) is 12.1. The number of carbonyl (C=O) groups excluding carboxylic acids is 1. The predicted octanol–water partition coefficient (Wildman–Crippen LogP) is 2.97. The number of benzene rings is 2. The molecule has 2 aromatic carbocycles. The number of aryl methyl sites for hydroxylation is 1. The Kier molecular flexibility index (Phi) is 5.12. The monoisotopic (exact) mass is 340 g/mol.